The van der Waals surface area contributed by atoms with E-state index in [1.807, 2.05) is 30.3 Å². The number of fused-ring (bicyclic) bond motifs is 2. The van der Waals surface area contributed by atoms with Crippen molar-refractivity contribution in [1.82, 2.24) is 15.6 Å². The number of nitrogens with one attached hydrogen (secondary N) is 2. The van der Waals surface area contributed by atoms with Gasteiger partial charge in [-0.1, -0.05) is 60.3 Å². The highest BCUT2D eigenvalue weighted by Gasteiger charge is 2.24. The lowest BCUT2D eigenvalue weighted by Gasteiger charge is -2.26. The molecule has 38 heavy (non-hydrogen) atoms. The van der Waals surface area contributed by atoms with Crippen LogP contribution in [0.3, 0.4) is 0 Å². The standard InChI is InChI=1S/C30H31N3O4S/c34-27(32-25-15-5-10-20-8-1-3-12-22(20)25)18-37-30(36)24-14-7-17-31-29(24)38-19-28(35)33-26-16-6-11-21-9-2-4-13-23(21)26/h1-4,7-9,12-14,17,25-26H,5-6,10-11,15-16,18-19H2,(H,32,34)(H,33,35)/t25-,26+/m1/s1. The van der Waals surface area contributed by atoms with Crippen molar-refractivity contribution in [2.45, 2.75) is 55.6 Å². The minimum absolute atomic E-state index is 0.00383. The molecule has 3 aromatic rings. The third-order valence-corrected chi connectivity index (χ3v) is 8.08. The van der Waals surface area contributed by atoms with Crippen molar-refractivity contribution in [2.75, 3.05) is 12.4 Å². The molecule has 0 radical (unpaired) electrons. The normalized spacial score (nSPS) is 18.0. The molecule has 1 aromatic heterocycles. The molecule has 0 unspecified atom stereocenters. The van der Waals surface area contributed by atoms with E-state index in [-0.39, 0.29) is 41.8 Å². The number of ether oxygens (including phenoxy) is 1. The van der Waals surface area contributed by atoms with Crippen molar-refractivity contribution >= 4 is 29.5 Å². The number of hydrogen-bond acceptors (Lipinski definition) is 6. The number of nitrogens with zero attached hydrogens (tertiary/aromatic N) is 1. The van der Waals surface area contributed by atoms with Gasteiger partial charge in [-0.2, -0.15) is 0 Å². The van der Waals surface area contributed by atoms with Gasteiger partial charge in [-0.25, -0.2) is 9.78 Å². The van der Waals surface area contributed by atoms with E-state index in [1.54, 1.807) is 18.3 Å². The molecule has 2 amide bonds. The van der Waals surface area contributed by atoms with Crippen molar-refractivity contribution in [2.24, 2.45) is 0 Å². The summed E-state index contributed by atoms with van der Waals surface area (Å²) in [6.07, 6.45) is 7.40. The topological polar surface area (TPSA) is 97.4 Å². The molecule has 0 saturated heterocycles. The number of carbonyl (C=O) groups excluding carboxylic acids is 3. The van der Waals surface area contributed by atoms with Gasteiger partial charge in [-0.05, 0) is 72.9 Å². The van der Waals surface area contributed by atoms with Gasteiger partial charge in [0.05, 0.1) is 23.4 Å². The summed E-state index contributed by atoms with van der Waals surface area (Å²) in [7, 11) is 0. The second kappa shape index (κ2) is 12.3. The van der Waals surface area contributed by atoms with Crippen LogP contribution in [0.1, 0.15) is 70.4 Å². The predicted molar refractivity (Wildman–Crippen MR) is 146 cm³/mol. The first-order chi connectivity index (χ1) is 18.6. The molecule has 7 nitrogen and oxygen atoms in total. The van der Waals surface area contributed by atoms with Gasteiger partial charge in [-0.3, -0.25) is 9.59 Å². The maximum Gasteiger partial charge on any atom is 0.341 e. The summed E-state index contributed by atoms with van der Waals surface area (Å²) in [5.41, 5.74) is 5.07. The lowest BCUT2D eigenvalue weighted by atomic mass is 9.88. The van der Waals surface area contributed by atoms with Crippen LogP contribution >= 0.6 is 11.8 Å². The van der Waals surface area contributed by atoms with Crippen molar-refractivity contribution in [3.05, 3.63) is 94.7 Å². The number of rotatable bonds is 8. The number of amides is 2. The van der Waals surface area contributed by atoms with E-state index in [2.05, 4.69) is 33.8 Å². The average molecular weight is 530 g/mol. The maximum atomic E-state index is 12.8. The lowest BCUT2D eigenvalue weighted by molar-refractivity contribution is -0.125. The Morgan fingerprint density at radius 3 is 2.08 bits per heavy atom. The van der Waals surface area contributed by atoms with E-state index in [0.717, 1.165) is 44.1 Å². The van der Waals surface area contributed by atoms with Gasteiger partial charge in [-0.15, -0.1) is 0 Å². The molecule has 0 fully saturated rings. The number of pyridine rings is 1. The van der Waals surface area contributed by atoms with Crippen LogP contribution in [-0.2, 0) is 27.2 Å². The molecule has 2 atom stereocenters. The molecule has 5 rings (SSSR count). The van der Waals surface area contributed by atoms with Crippen LogP contribution in [0.5, 0.6) is 0 Å². The molecule has 196 valence electrons. The Kier molecular flexibility index (Phi) is 8.38. The van der Waals surface area contributed by atoms with Crippen molar-refractivity contribution in [3.8, 4) is 0 Å². The molecule has 1 heterocycles. The van der Waals surface area contributed by atoms with E-state index in [0.29, 0.717) is 5.03 Å². The third-order valence-electron chi connectivity index (χ3n) is 7.07. The molecule has 2 aliphatic rings. The lowest BCUT2D eigenvalue weighted by Crippen LogP contribution is -2.34. The van der Waals surface area contributed by atoms with Crippen LogP contribution in [0.2, 0.25) is 0 Å². The van der Waals surface area contributed by atoms with Crippen LogP contribution < -0.4 is 10.6 Å². The van der Waals surface area contributed by atoms with Gasteiger partial charge in [0.25, 0.3) is 5.91 Å². The van der Waals surface area contributed by atoms with E-state index in [9.17, 15) is 14.4 Å². The molecule has 2 aromatic carbocycles. The fraction of sp³-hybridized carbons (Fsp3) is 0.333. The largest absolute Gasteiger partial charge is 0.452 e. The molecule has 0 bridgehead atoms. The second-order valence-corrected chi connectivity index (χ2v) is 10.6. The number of carbonyl (C=O) groups is 3. The highest BCUT2D eigenvalue weighted by atomic mass is 32.2. The van der Waals surface area contributed by atoms with E-state index in [1.165, 1.54) is 28.5 Å². The summed E-state index contributed by atoms with van der Waals surface area (Å²) in [4.78, 5) is 42.4. The van der Waals surface area contributed by atoms with Crippen LogP contribution in [0.4, 0.5) is 0 Å². The van der Waals surface area contributed by atoms with E-state index in [4.69, 9.17) is 4.74 Å². The fourth-order valence-corrected chi connectivity index (χ4v) is 6.08. The first kappa shape index (κ1) is 26.0. The van der Waals surface area contributed by atoms with Gasteiger partial charge >= 0.3 is 5.97 Å². The average Bonchev–Trinajstić information content (AvgIpc) is 2.95. The molecule has 2 N–H and O–H groups in total. The van der Waals surface area contributed by atoms with Crippen molar-refractivity contribution < 1.29 is 19.1 Å². The smallest absolute Gasteiger partial charge is 0.341 e. The van der Waals surface area contributed by atoms with Crippen LogP contribution in [0, 0.1) is 0 Å². The predicted octanol–water partition coefficient (Wildman–Crippen LogP) is 4.72. The van der Waals surface area contributed by atoms with Gasteiger partial charge in [0.15, 0.2) is 6.61 Å². The van der Waals surface area contributed by atoms with Gasteiger partial charge in [0.2, 0.25) is 5.91 Å². The minimum atomic E-state index is -0.638. The summed E-state index contributed by atoms with van der Waals surface area (Å²) in [6.45, 7) is -0.377. The molecule has 0 saturated carbocycles. The number of thioether (sulfide) groups is 1. The second-order valence-electron chi connectivity index (χ2n) is 9.64. The number of aromatic nitrogens is 1. The molecule has 8 heteroatoms. The van der Waals surface area contributed by atoms with Crippen LogP contribution in [0.15, 0.2) is 71.9 Å². The minimum Gasteiger partial charge on any atom is -0.452 e. The zero-order valence-corrected chi connectivity index (χ0v) is 22.0. The van der Waals surface area contributed by atoms with Gasteiger partial charge in [0, 0.05) is 6.20 Å². The van der Waals surface area contributed by atoms with Gasteiger partial charge in [0.1, 0.15) is 5.03 Å². The van der Waals surface area contributed by atoms with Gasteiger partial charge < -0.3 is 15.4 Å². The van der Waals surface area contributed by atoms with Crippen LogP contribution in [0.25, 0.3) is 0 Å². The van der Waals surface area contributed by atoms with Crippen LogP contribution in [-0.4, -0.2) is 35.1 Å². The summed E-state index contributed by atoms with van der Waals surface area (Å²) < 4.78 is 5.32. The van der Waals surface area contributed by atoms with Crippen molar-refractivity contribution in [3.63, 3.8) is 0 Å². The zero-order valence-electron chi connectivity index (χ0n) is 21.2. The van der Waals surface area contributed by atoms with E-state index < -0.39 is 5.97 Å². The van der Waals surface area contributed by atoms with Crippen molar-refractivity contribution in [1.29, 1.82) is 0 Å². The highest BCUT2D eigenvalue weighted by molar-refractivity contribution is 8.00. The number of hydrogen-bond donors (Lipinski definition) is 2. The Morgan fingerprint density at radius 2 is 1.42 bits per heavy atom. The summed E-state index contributed by atoms with van der Waals surface area (Å²) in [5.74, 6) is -0.974. The Balaban J connectivity index is 1.13. The molecular formula is C30H31N3O4S. The summed E-state index contributed by atoms with van der Waals surface area (Å²) >= 11 is 1.18. The Bertz CT molecular complexity index is 1330. The van der Waals surface area contributed by atoms with E-state index >= 15 is 0 Å². The number of aryl methyl sites for hydroxylation is 2. The number of benzene rings is 2. The summed E-state index contributed by atoms with van der Waals surface area (Å²) in [5, 5.41) is 6.52. The highest BCUT2D eigenvalue weighted by Crippen LogP contribution is 2.31. The number of esters is 1. The Morgan fingerprint density at radius 1 is 0.816 bits per heavy atom. The third kappa shape index (κ3) is 6.25. The Hall–Kier alpha value is -3.65. The molecule has 2 aliphatic carbocycles. The Labute approximate surface area is 226 Å². The monoisotopic (exact) mass is 529 g/mol. The molecule has 0 spiro atoms. The first-order valence-corrected chi connectivity index (χ1v) is 14.1. The summed E-state index contributed by atoms with van der Waals surface area (Å²) in [6, 6.07) is 19.5. The SMILES string of the molecule is O=C(CSc1ncccc1C(=O)OCC(=O)N[C@@H]1CCCc2ccccc21)N[C@H]1CCCc2ccccc21. The maximum absolute atomic E-state index is 12.8. The fourth-order valence-electron chi connectivity index (χ4n) is 5.28. The molecule has 0 aliphatic heterocycles. The first-order valence-electron chi connectivity index (χ1n) is 13.1. The molecular weight excluding hydrogens is 498 g/mol. The zero-order chi connectivity index (χ0) is 26.3. The quantitative estimate of drug-likeness (QED) is 0.324.